The summed E-state index contributed by atoms with van der Waals surface area (Å²) in [5, 5.41) is 9.04. The highest BCUT2D eigenvalue weighted by atomic mass is 35.5. The summed E-state index contributed by atoms with van der Waals surface area (Å²) < 4.78 is 5.64. The van der Waals surface area contributed by atoms with Crippen LogP contribution in [0.5, 0.6) is 5.75 Å². The Morgan fingerprint density at radius 3 is 2.95 bits per heavy atom. The Morgan fingerprint density at radius 2 is 2.35 bits per heavy atom. The number of hydrogen-bond donors (Lipinski definition) is 1. The summed E-state index contributed by atoms with van der Waals surface area (Å²) in [5.41, 5.74) is 0. The van der Waals surface area contributed by atoms with Crippen molar-refractivity contribution in [2.24, 2.45) is 0 Å². The molecule has 0 aliphatic carbocycles. The number of carbonyl (C=O) groups is 1. The van der Waals surface area contributed by atoms with E-state index in [-0.39, 0.29) is 6.54 Å². The van der Waals surface area contributed by atoms with Crippen LogP contribution in [0, 0.1) is 0 Å². The van der Waals surface area contributed by atoms with Gasteiger partial charge in [0.05, 0.1) is 13.7 Å². The quantitative estimate of drug-likeness (QED) is 0.882. The molecule has 2 aromatic rings. The van der Waals surface area contributed by atoms with E-state index in [0.717, 1.165) is 4.88 Å². The van der Waals surface area contributed by atoms with Gasteiger partial charge in [-0.1, -0.05) is 11.6 Å². The predicted molar refractivity (Wildman–Crippen MR) is 76.6 cm³/mol. The highest BCUT2D eigenvalue weighted by Gasteiger charge is 2.17. The van der Waals surface area contributed by atoms with Crippen molar-refractivity contribution in [3.63, 3.8) is 0 Å². The van der Waals surface area contributed by atoms with Crippen LogP contribution in [-0.2, 0) is 11.3 Å². The SMILES string of the molecule is COc1cccnc1N(CC(=O)O)Cc1cnc(Cl)s1. The molecule has 0 aromatic carbocycles. The maximum absolute atomic E-state index is 11.0. The second kappa shape index (κ2) is 6.53. The normalized spacial score (nSPS) is 10.3. The largest absolute Gasteiger partial charge is 0.493 e. The number of aliphatic carboxylic acids is 1. The maximum Gasteiger partial charge on any atom is 0.323 e. The van der Waals surface area contributed by atoms with Crippen molar-refractivity contribution in [3.8, 4) is 5.75 Å². The molecule has 0 fully saturated rings. The van der Waals surface area contributed by atoms with Crippen molar-refractivity contribution < 1.29 is 14.6 Å². The van der Waals surface area contributed by atoms with E-state index in [0.29, 0.717) is 22.6 Å². The minimum atomic E-state index is -0.951. The van der Waals surface area contributed by atoms with E-state index >= 15 is 0 Å². The monoisotopic (exact) mass is 313 g/mol. The van der Waals surface area contributed by atoms with Crippen molar-refractivity contribution in [2.45, 2.75) is 6.54 Å². The van der Waals surface area contributed by atoms with E-state index in [4.69, 9.17) is 21.4 Å². The summed E-state index contributed by atoms with van der Waals surface area (Å²) in [6, 6.07) is 3.46. The van der Waals surface area contributed by atoms with Gasteiger partial charge in [0, 0.05) is 17.3 Å². The van der Waals surface area contributed by atoms with E-state index in [1.54, 1.807) is 29.4 Å². The molecule has 2 heterocycles. The Kier molecular flexibility index (Phi) is 4.75. The van der Waals surface area contributed by atoms with Crippen LogP contribution in [0.15, 0.2) is 24.5 Å². The van der Waals surface area contributed by atoms with Crippen LogP contribution in [0.3, 0.4) is 0 Å². The van der Waals surface area contributed by atoms with Crippen LogP contribution < -0.4 is 9.64 Å². The molecule has 0 saturated carbocycles. The molecule has 106 valence electrons. The first-order valence-corrected chi connectivity index (χ1v) is 6.85. The molecule has 2 aromatic heterocycles. The molecule has 6 nitrogen and oxygen atoms in total. The molecule has 0 saturated heterocycles. The lowest BCUT2D eigenvalue weighted by atomic mass is 10.3. The van der Waals surface area contributed by atoms with Gasteiger partial charge in [-0.2, -0.15) is 0 Å². The third-order valence-corrected chi connectivity index (χ3v) is 3.57. The second-order valence-corrected chi connectivity index (χ2v) is 5.56. The molecule has 0 unspecified atom stereocenters. The van der Waals surface area contributed by atoms with E-state index in [9.17, 15) is 4.79 Å². The Morgan fingerprint density at radius 1 is 1.55 bits per heavy atom. The molecule has 0 spiro atoms. The molecular weight excluding hydrogens is 302 g/mol. The van der Waals surface area contributed by atoms with Gasteiger partial charge in [-0.05, 0) is 12.1 Å². The molecule has 0 bridgehead atoms. The molecule has 0 radical (unpaired) electrons. The Balaban J connectivity index is 2.29. The van der Waals surface area contributed by atoms with Crippen LogP contribution in [0.25, 0.3) is 0 Å². The lowest BCUT2D eigenvalue weighted by Crippen LogP contribution is -2.30. The van der Waals surface area contributed by atoms with Gasteiger partial charge in [-0.3, -0.25) is 4.79 Å². The number of thiazole rings is 1. The van der Waals surface area contributed by atoms with E-state index < -0.39 is 5.97 Å². The summed E-state index contributed by atoms with van der Waals surface area (Å²) >= 11 is 7.09. The molecule has 0 aliphatic rings. The van der Waals surface area contributed by atoms with Crippen LogP contribution >= 0.6 is 22.9 Å². The highest BCUT2D eigenvalue weighted by molar-refractivity contribution is 7.15. The maximum atomic E-state index is 11.0. The van der Waals surface area contributed by atoms with E-state index in [1.165, 1.54) is 18.4 Å². The summed E-state index contributed by atoms with van der Waals surface area (Å²) in [7, 11) is 1.52. The van der Waals surface area contributed by atoms with Gasteiger partial charge in [0.25, 0.3) is 0 Å². The number of methoxy groups -OCH3 is 1. The van der Waals surface area contributed by atoms with E-state index in [1.807, 2.05) is 0 Å². The number of carboxylic acid groups (broad SMARTS) is 1. The van der Waals surface area contributed by atoms with E-state index in [2.05, 4.69) is 9.97 Å². The van der Waals surface area contributed by atoms with Crippen molar-refractivity contribution in [3.05, 3.63) is 33.9 Å². The fourth-order valence-corrected chi connectivity index (χ4v) is 2.69. The van der Waals surface area contributed by atoms with Gasteiger partial charge in [-0.15, -0.1) is 11.3 Å². The molecule has 8 heteroatoms. The molecule has 0 amide bonds. The lowest BCUT2D eigenvalue weighted by Gasteiger charge is -2.22. The van der Waals surface area contributed by atoms with Crippen molar-refractivity contribution in [1.29, 1.82) is 0 Å². The second-order valence-electron chi connectivity index (χ2n) is 3.86. The Bertz CT molecular complexity index is 605. The minimum absolute atomic E-state index is 0.192. The average molecular weight is 314 g/mol. The van der Waals surface area contributed by atoms with Gasteiger partial charge in [-0.25, -0.2) is 9.97 Å². The van der Waals surface area contributed by atoms with Crippen molar-refractivity contribution in [1.82, 2.24) is 9.97 Å². The van der Waals surface area contributed by atoms with Gasteiger partial charge >= 0.3 is 5.97 Å². The standard InChI is InChI=1S/C12H12ClN3O3S/c1-19-9-3-2-4-14-11(9)16(7-10(17)18)6-8-5-15-12(13)20-8/h2-5H,6-7H2,1H3,(H,17,18). The molecule has 2 rings (SSSR count). The third kappa shape index (κ3) is 3.58. The first-order valence-electron chi connectivity index (χ1n) is 5.66. The number of nitrogens with zero attached hydrogens (tertiary/aromatic N) is 3. The molecular formula is C12H12ClN3O3S. The number of hydrogen-bond acceptors (Lipinski definition) is 6. The number of carboxylic acids is 1. The molecule has 1 N–H and O–H groups in total. The van der Waals surface area contributed by atoms with Crippen molar-refractivity contribution >= 4 is 34.7 Å². The van der Waals surface area contributed by atoms with Crippen molar-refractivity contribution in [2.75, 3.05) is 18.6 Å². The van der Waals surface area contributed by atoms with Crippen LogP contribution in [0.2, 0.25) is 4.47 Å². The summed E-state index contributed by atoms with van der Waals surface area (Å²) in [5.74, 6) is 0.0413. The molecule has 0 aliphatic heterocycles. The fraction of sp³-hybridized carbons (Fsp3) is 0.250. The first-order chi connectivity index (χ1) is 9.60. The summed E-state index contributed by atoms with van der Waals surface area (Å²) in [6.45, 7) is 0.160. The number of anilines is 1. The fourth-order valence-electron chi connectivity index (χ4n) is 1.69. The smallest absolute Gasteiger partial charge is 0.323 e. The Labute approximate surface area is 124 Å². The van der Waals surface area contributed by atoms with Gasteiger partial charge in [0.15, 0.2) is 16.0 Å². The van der Waals surface area contributed by atoms with Gasteiger partial charge in [0.2, 0.25) is 0 Å². The third-order valence-electron chi connectivity index (χ3n) is 2.47. The zero-order valence-electron chi connectivity index (χ0n) is 10.6. The predicted octanol–water partition coefficient (Wildman–Crippen LogP) is 2.29. The number of halogens is 1. The number of pyridine rings is 1. The average Bonchev–Trinajstić information content (AvgIpc) is 2.83. The van der Waals surface area contributed by atoms with Gasteiger partial charge in [0.1, 0.15) is 6.54 Å². The number of aromatic nitrogens is 2. The topological polar surface area (TPSA) is 75.5 Å². The zero-order chi connectivity index (χ0) is 14.5. The van der Waals surface area contributed by atoms with Crippen LogP contribution in [0.4, 0.5) is 5.82 Å². The summed E-state index contributed by atoms with van der Waals surface area (Å²) in [4.78, 5) is 21.6. The molecule has 0 atom stereocenters. The zero-order valence-corrected chi connectivity index (χ0v) is 12.2. The highest BCUT2D eigenvalue weighted by Crippen LogP contribution is 2.28. The first kappa shape index (κ1) is 14.5. The van der Waals surface area contributed by atoms with Crippen LogP contribution in [-0.4, -0.2) is 34.7 Å². The Hall–Kier alpha value is -1.86. The van der Waals surface area contributed by atoms with Gasteiger partial charge < -0.3 is 14.7 Å². The minimum Gasteiger partial charge on any atom is -0.493 e. The number of ether oxygens (including phenoxy) is 1. The lowest BCUT2D eigenvalue weighted by molar-refractivity contribution is -0.135. The van der Waals surface area contributed by atoms with Crippen LogP contribution in [0.1, 0.15) is 4.88 Å². The summed E-state index contributed by atoms with van der Waals surface area (Å²) in [6.07, 6.45) is 3.21. The number of rotatable bonds is 6. The molecule has 20 heavy (non-hydrogen) atoms.